The number of nitrogens with zero attached hydrogens (tertiary/aromatic N) is 1. The third kappa shape index (κ3) is 2.50. The number of amides is 1. The highest BCUT2D eigenvalue weighted by atomic mass is 16.1. The van der Waals surface area contributed by atoms with E-state index < -0.39 is 5.91 Å². The summed E-state index contributed by atoms with van der Waals surface area (Å²) in [5.41, 5.74) is 7.78. The van der Waals surface area contributed by atoms with Gasteiger partial charge >= 0.3 is 0 Å². The van der Waals surface area contributed by atoms with Gasteiger partial charge in [-0.1, -0.05) is 37.3 Å². The number of hydrogen-bond donors (Lipinski definition) is 1. The minimum Gasteiger partial charge on any atom is -0.366 e. The average molecular weight is 226 g/mol. The predicted octanol–water partition coefficient (Wildman–Crippen LogP) is 2.33. The van der Waals surface area contributed by atoms with Crippen molar-refractivity contribution in [2.45, 2.75) is 12.8 Å². The van der Waals surface area contributed by atoms with E-state index in [1.54, 1.807) is 18.3 Å². The minimum atomic E-state index is -0.422. The lowest BCUT2D eigenvalue weighted by Gasteiger charge is -2.11. The maximum absolute atomic E-state index is 11.1. The van der Waals surface area contributed by atoms with Gasteiger partial charge in [-0.2, -0.15) is 0 Å². The van der Waals surface area contributed by atoms with E-state index in [2.05, 4.69) is 11.9 Å². The van der Waals surface area contributed by atoms with Gasteiger partial charge in [-0.3, -0.25) is 9.78 Å². The van der Waals surface area contributed by atoms with Crippen molar-refractivity contribution in [3.8, 4) is 0 Å². The van der Waals surface area contributed by atoms with Crippen LogP contribution in [0.15, 0.2) is 48.7 Å². The van der Waals surface area contributed by atoms with Crippen LogP contribution >= 0.6 is 0 Å². The van der Waals surface area contributed by atoms with Gasteiger partial charge in [-0.25, -0.2) is 0 Å². The van der Waals surface area contributed by atoms with Crippen molar-refractivity contribution in [3.63, 3.8) is 0 Å². The van der Waals surface area contributed by atoms with E-state index in [-0.39, 0.29) is 5.92 Å². The second kappa shape index (κ2) is 4.78. The van der Waals surface area contributed by atoms with Crippen molar-refractivity contribution in [1.29, 1.82) is 0 Å². The van der Waals surface area contributed by atoms with Crippen LogP contribution in [0.1, 0.15) is 34.5 Å². The third-order valence-corrected chi connectivity index (χ3v) is 2.81. The molecule has 0 fully saturated rings. The van der Waals surface area contributed by atoms with E-state index in [1.807, 2.05) is 30.3 Å². The molecule has 1 amide bonds. The Morgan fingerprint density at radius 2 is 1.94 bits per heavy atom. The first-order chi connectivity index (χ1) is 8.18. The van der Waals surface area contributed by atoms with Gasteiger partial charge < -0.3 is 5.73 Å². The maximum atomic E-state index is 11.1. The van der Waals surface area contributed by atoms with Gasteiger partial charge in [-0.05, 0) is 17.7 Å². The quantitative estimate of drug-likeness (QED) is 0.873. The monoisotopic (exact) mass is 226 g/mol. The van der Waals surface area contributed by atoms with Crippen LogP contribution in [0, 0.1) is 0 Å². The topological polar surface area (TPSA) is 56.0 Å². The molecule has 17 heavy (non-hydrogen) atoms. The number of carbonyl (C=O) groups excluding carboxylic acids is 1. The van der Waals surface area contributed by atoms with Gasteiger partial charge in [0.05, 0.1) is 0 Å². The van der Waals surface area contributed by atoms with Crippen LogP contribution in [0.5, 0.6) is 0 Å². The highest BCUT2D eigenvalue weighted by Crippen LogP contribution is 2.22. The van der Waals surface area contributed by atoms with E-state index in [4.69, 9.17) is 5.73 Å². The summed E-state index contributed by atoms with van der Waals surface area (Å²) >= 11 is 0. The van der Waals surface area contributed by atoms with Crippen LogP contribution in [-0.4, -0.2) is 10.9 Å². The van der Waals surface area contributed by atoms with Gasteiger partial charge in [0.25, 0.3) is 0 Å². The molecule has 1 atom stereocenters. The molecule has 3 heteroatoms. The lowest BCUT2D eigenvalue weighted by Crippen LogP contribution is -2.12. The Kier molecular flexibility index (Phi) is 3.19. The van der Waals surface area contributed by atoms with Crippen LogP contribution in [0.25, 0.3) is 0 Å². The Balaban J connectivity index is 2.34. The molecule has 2 rings (SSSR count). The third-order valence-electron chi connectivity index (χ3n) is 2.81. The molecule has 1 aromatic heterocycles. The fourth-order valence-electron chi connectivity index (χ4n) is 1.75. The second-order valence-corrected chi connectivity index (χ2v) is 3.97. The molecule has 0 bridgehead atoms. The van der Waals surface area contributed by atoms with Crippen LogP contribution in [0.4, 0.5) is 0 Å². The highest BCUT2D eigenvalue weighted by Gasteiger charge is 2.11. The van der Waals surface area contributed by atoms with Crippen LogP contribution in [0.3, 0.4) is 0 Å². The number of rotatable bonds is 3. The minimum absolute atomic E-state index is 0.149. The van der Waals surface area contributed by atoms with Crippen molar-refractivity contribution in [2.24, 2.45) is 5.73 Å². The first kappa shape index (κ1) is 11.3. The molecule has 86 valence electrons. The maximum Gasteiger partial charge on any atom is 0.248 e. The fourth-order valence-corrected chi connectivity index (χ4v) is 1.75. The largest absolute Gasteiger partial charge is 0.366 e. The van der Waals surface area contributed by atoms with Crippen molar-refractivity contribution < 1.29 is 4.79 Å². The molecule has 0 saturated carbocycles. The summed E-state index contributed by atoms with van der Waals surface area (Å²) in [6.45, 7) is 2.06. The Morgan fingerprint density at radius 3 is 2.59 bits per heavy atom. The molecular weight excluding hydrogens is 212 g/mol. The molecule has 0 aliphatic rings. The lowest BCUT2D eigenvalue weighted by atomic mass is 9.96. The van der Waals surface area contributed by atoms with E-state index in [0.29, 0.717) is 5.56 Å². The average Bonchev–Trinajstić information content (AvgIpc) is 2.39. The zero-order valence-electron chi connectivity index (χ0n) is 9.63. The standard InChI is InChI=1S/C14H14N2O/c1-10(11-5-3-2-4-6-11)13-9-12(14(15)17)7-8-16-13/h2-10H,1H3,(H2,15,17)/t10-/m0/s1. The summed E-state index contributed by atoms with van der Waals surface area (Å²) in [5.74, 6) is -0.274. The molecule has 0 unspecified atom stereocenters. The summed E-state index contributed by atoms with van der Waals surface area (Å²) in [6.07, 6.45) is 1.62. The zero-order chi connectivity index (χ0) is 12.3. The highest BCUT2D eigenvalue weighted by molar-refractivity contribution is 5.92. The fraction of sp³-hybridized carbons (Fsp3) is 0.143. The zero-order valence-corrected chi connectivity index (χ0v) is 9.63. The van der Waals surface area contributed by atoms with Gasteiger partial charge in [0.1, 0.15) is 0 Å². The summed E-state index contributed by atoms with van der Waals surface area (Å²) in [4.78, 5) is 15.4. The summed E-state index contributed by atoms with van der Waals surface area (Å²) in [5, 5.41) is 0. The summed E-state index contributed by atoms with van der Waals surface area (Å²) in [6, 6.07) is 13.4. The second-order valence-electron chi connectivity index (χ2n) is 3.97. The van der Waals surface area contributed by atoms with E-state index in [0.717, 1.165) is 5.69 Å². The van der Waals surface area contributed by atoms with Crippen LogP contribution < -0.4 is 5.73 Å². The number of benzene rings is 1. The molecule has 0 radical (unpaired) electrons. The molecule has 2 N–H and O–H groups in total. The molecule has 0 spiro atoms. The normalized spacial score (nSPS) is 12.1. The Morgan fingerprint density at radius 1 is 1.24 bits per heavy atom. The molecule has 0 saturated heterocycles. The van der Waals surface area contributed by atoms with Gasteiger partial charge in [0, 0.05) is 23.4 Å². The Hall–Kier alpha value is -2.16. The first-order valence-electron chi connectivity index (χ1n) is 5.49. The van der Waals surface area contributed by atoms with Gasteiger partial charge in [0.15, 0.2) is 0 Å². The van der Waals surface area contributed by atoms with Crippen LogP contribution in [0.2, 0.25) is 0 Å². The number of primary amides is 1. The Bertz CT molecular complexity index is 523. The van der Waals surface area contributed by atoms with Crippen LogP contribution in [-0.2, 0) is 0 Å². The van der Waals surface area contributed by atoms with E-state index in [9.17, 15) is 4.79 Å². The molecule has 0 aliphatic heterocycles. The number of nitrogens with two attached hydrogens (primary N) is 1. The summed E-state index contributed by atoms with van der Waals surface area (Å²) in [7, 11) is 0. The van der Waals surface area contributed by atoms with Crippen molar-refractivity contribution in [2.75, 3.05) is 0 Å². The van der Waals surface area contributed by atoms with Gasteiger partial charge in [0.2, 0.25) is 5.91 Å². The SMILES string of the molecule is C[C@@H](c1ccccc1)c1cc(C(N)=O)ccn1. The molecular formula is C14H14N2O. The molecule has 0 aliphatic carbocycles. The van der Waals surface area contributed by atoms with Crippen molar-refractivity contribution in [1.82, 2.24) is 4.98 Å². The van der Waals surface area contributed by atoms with Crippen molar-refractivity contribution in [3.05, 3.63) is 65.5 Å². The summed E-state index contributed by atoms with van der Waals surface area (Å²) < 4.78 is 0. The predicted molar refractivity (Wildman–Crippen MR) is 66.7 cm³/mol. The molecule has 1 aromatic carbocycles. The van der Waals surface area contributed by atoms with Gasteiger partial charge in [-0.15, -0.1) is 0 Å². The number of hydrogen-bond acceptors (Lipinski definition) is 2. The Labute approximate surface area is 100 Å². The van der Waals surface area contributed by atoms with E-state index >= 15 is 0 Å². The first-order valence-corrected chi connectivity index (χ1v) is 5.49. The molecule has 3 nitrogen and oxygen atoms in total. The number of pyridine rings is 1. The van der Waals surface area contributed by atoms with E-state index in [1.165, 1.54) is 5.56 Å². The molecule has 2 aromatic rings. The lowest BCUT2D eigenvalue weighted by molar-refractivity contribution is 0.1000. The number of aromatic nitrogens is 1. The van der Waals surface area contributed by atoms with Crippen molar-refractivity contribution >= 4 is 5.91 Å². The number of carbonyl (C=O) groups is 1. The molecule has 1 heterocycles. The smallest absolute Gasteiger partial charge is 0.248 e.